The van der Waals surface area contributed by atoms with Gasteiger partial charge in [-0.3, -0.25) is 0 Å². The van der Waals surface area contributed by atoms with Crippen LogP contribution in [-0.2, 0) is 6.42 Å². The van der Waals surface area contributed by atoms with Crippen LogP contribution in [-0.4, -0.2) is 12.1 Å². The quantitative estimate of drug-likeness (QED) is 0.813. The highest BCUT2D eigenvalue weighted by Crippen LogP contribution is 2.46. The lowest BCUT2D eigenvalue weighted by molar-refractivity contribution is 0.302. The predicted octanol–water partition coefficient (Wildman–Crippen LogP) is 3.15. The molecule has 1 aliphatic carbocycles. The van der Waals surface area contributed by atoms with E-state index in [0.717, 1.165) is 5.92 Å². The van der Waals surface area contributed by atoms with Gasteiger partial charge in [-0.05, 0) is 56.6 Å². The van der Waals surface area contributed by atoms with Crippen LogP contribution in [0.4, 0.5) is 0 Å². The second kappa shape index (κ2) is 4.21. The Morgan fingerprint density at radius 3 is 2.62 bits per heavy atom. The van der Waals surface area contributed by atoms with E-state index in [1.54, 1.807) is 0 Å². The van der Waals surface area contributed by atoms with Gasteiger partial charge >= 0.3 is 0 Å². The summed E-state index contributed by atoms with van der Waals surface area (Å²) in [6.07, 6.45) is 8.28. The van der Waals surface area contributed by atoms with Crippen molar-refractivity contribution in [2.45, 2.75) is 44.1 Å². The highest BCUT2D eigenvalue weighted by atomic mass is 15.0. The Bertz CT molecular complexity index is 334. The summed E-state index contributed by atoms with van der Waals surface area (Å²) in [6.45, 7) is 1.24. The van der Waals surface area contributed by atoms with Gasteiger partial charge in [-0.25, -0.2) is 0 Å². The Balaban J connectivity index is 1.64. The minimum atomic E-state index is 0.510. The SMILES string of the molecule is c1ccc(CCC2(C3CC3)CCCN2)cc1. The maximum Gasteiger partial charge on any atom is 0.0213 e. The van der Waals surface area contributed by atoms with Crippen molar-refractivity contribution >= 4 is 0 Å². The average Bonchev–Trinajstić information content (AvgIpc) is 3.09. The first-order chi connectivity index (χ1) is 7.89. The number of nitrogens with one attached hydrogen (secondary N) is 1. The maximum atomic E-state index is 3.80. The van der Waals surface area contributed by atoms with Crippen LogP contribution in [0.2, 0.25) is 0 Å². The Labute approximate surface area is 98.3 Å². The fourth-order valence-electron chi connectivity index (χ4n) is 3.24. The van der Waals surface area contributed by atoms with Gasteiger partial charge in [0, 0.05) is 5.54 Å². The molecule has 1 aromatic rings. The van der Waals surface area contributed by atoms with Crippen molar-refractivity contribution in [1.29, 1.82) is 0 Å². The van der Waals surface area contributed by atoms with Crippen LogP contribution in [0.1, 0.15) is 37.7 Å². The Kier molecular flexibility index (Phi) is 2.72. The molecule has 1 heterocycles. The van der Waals surface area contributed by atoms with Crippen LogP contribution in [0, 0.1) is 5.92 Å². The fourth-order valence-corrected chi connectivity index (χ4v) is 3.24. The van der Waals surface area contributed by atoms with E-state index >= 15 is 0 Å². The normalized spacial score (nSPS) is 29.5. The number of aryl methyl sites for hydroxylation is 1. The molecule has 0 radical (unpaired) electrons. The molecule has 0 aromatic heterocycles. The van der Waals surface area contributed by atoms with E-state index in [1.807, 2.05) is 0 Å². The third kappa shape index (κ3) is 2.01. The minimum Gasteiger partial charge on any atom is -0.311 e. The standard InChI is InChI=1S/C15H21N/c1-2-5-13(6-3-1)9-11-15(14-7-8-14)10-4-12-16-15/h1-3,5-6,14,16H,4,7-12H2. The summed E-state index contributed by atoms with van der Waals surface area (Å²) in [5.41, 5.74) is 2.01. The summed E-state index contributed by atoms with van der Waals surface area (Å²) in [4.78, 5) is 0. The molecular weight excluding hydrogens is 194 g/mol. The lowest BCUT2D eigenvalue weighted by Crippen LogP contribution is -2.42. The van der Waals surface area contributed by atoms with E-state index in [1.165, 1.54) is 50.6 Å². The molecule has 3 rings (SSSR count). The molecule has 1 unspecified atom stereocenters. The van der Waals surface area contributed by atoms with Crippen molar-refractivity contribution in [1.82, 2.24) is 5.32 Å². The van der Waals surface area contributed by atoms with Gasteiger partial charge in [0.15, 0.2) is 0 Å². The third-order valence-corrected chi connectivity index (χ3v) is 4.34. The summed E-state index contributed by atoms with van der Waals surface area (Å²) in [5.74, 6) is 0.985. The maximum absolute atomic E-state index is 3.80. The summed E-state index contributed by atoms with van der Waals surface area (Å²) < 4.78 is 0. The second-order valence-electron chi connectivity index (χ2n) is 5.45. The molecule has 0 bridgehead atoms. The van der Waals surface area contributed by atoms with Crippen LogP contribution < -0.4 is 5.32 Å². The molecule has 1 aliphatic heterocycles. The second-order valence-corrected chi connectivity index (χ2v) is 5.45. The van der Waals surface area contributed by atoms with Gasteiger partial charge in [0.2, 0.25) is 0 Å². The topological polar surface area (TPSA) is 12.0 Å². The first-order valence-electron chi connectivity index (χ1n) is 6.68. The number of hydrogen-bond donors (Lipinski definition) is 1. The van der Waals surface area contributed by atoms with Crippen molar-refractivity contribution in [3.05, 3.63) is 35.9 Å². The molecule has 16 heavy (non-hydrogen) atoms. The Morgan fingerprint density at radius 2 is 2.00 bits per heavy atom. The van der Waals surface area contributed by atoms with Crippen molar-refractivity contribution in [2.24, 2.45) is 5.92 Å². The molecule has 1 saturated heterocycles. The lowest BCUT2D eigenvalue weighted by atomic mass is 9.85. The summed E-state index contributed by atoms with van der Waals surface area (Å²) in [6, 6.07) is 10.9. The van der Waals surface area contributed by atoms with E-state index in [9.17, 15) is 0 Å². The van der Waals surface area contributed by atoms with Gasteiger partial charge in [-0.15, -0.1) is 0 Å². The summed E-state index contributed by atoms with van der Waals surface area (Å²) >= 11 is 0. The molecule has 1 atom stereocenters. The molecule has 2 aliphatic rings. The highest BCUT2D eigenvalue weighted by molar-refractivity contribution is 5.16. The minimum absolute atomic E-state index is 0.510. The van der Waals surface area contributed by atoms with Gasteiger partial charge in [-0.2, -0.15) is 0 Å². The highest BCUT2D eigenvalue weighted by Gasteiger charge is 2.45. The van der Waals surface area contributed by atoms with Gasteiger partial charge in [0.25, 0.3) is 0 Å². The van der Waals surface area contributed by atoms with Crippen LogP contribution in [0.25, 0.3) is 0 Å². The molecule has 2 fully saturated rings. The zero-order chi connectivity index (χ0) is 10.8. The first kappa shape index (κ1) is 10.3. The van der Waals surface area contributed by atoms with Crippen molar-refractivity contribution in [3.63, 3.8) is 0 Å². The van der Waals surface area contributed by atoms with E-state index in [4.69, 9.17) is 0 Å². The monoisotopic (exact) mass is 215 g/mol. The van der Waals surface area contributed by atoms with E-state index in [0.29, 0.717) is 5.54 Å². The van der Waals surface area contributed by atoms with Gasteiger partial charge in [-0.1, -0.05) is 30.3 Å². The number of rotatable bonds is 4. The van der Waals surface area contributed by atoms with Crippen LogP contribution >= 0.6 is 0 Å². The largest absolute Gasteiger partial charge is 0.311 e. The zero-order valence-corrected chi connectivity index (χ0v) is 9.91. The summed E-state index contributed by atoms with van der Waals surface area (Å²) in [5, 5.41) is 3.80. The van der Waals surface area contributed by atoms with Crippen LogP contribution in [0.3, 0.4) is 0 Å². The number of hydrogen-bond acceptors (Lipinski definition) is 1. The van der Waals surface area contributed by atoms with Crippen LogP contribution in [0.15, 0.2) is 30.3 Å². The average molecular weight is 215 g/mol. The predicted molar refractivity (Wildman–Crippen MR) is 67.5 cm³/mol. The molecular formula is C15H21N. The van der Waals surface area contributed by atoms with Crippen molar-refractivity contribution < 1.29 is 0 Å². The van der Waals surface area contributed by atoms with E-state index in [-0.39, 0.29) is 0 Å². The Morgan fingerprint density at radius 1 is 1.19 bits per heavy atom. The molecule has 1 saturated carbocycles. The van der Waals surface area contributed by atoms with Gasteiger partial charge in [0.1, 0.15) is 0 Å². The smallest absolute Gasteiger partial charge is 0.0213 e. The van der Waals surface area contributed by atoms with Gasteiger partial charge < -0.3 is 5.32 Å². The van der Waals surface area contributed by atoms with Crippen molar-refractivity contribution in [3.8, 4) is 0 Å². The molecule has 1 N–H and O–H groups in total. The molecule has 1 heteroatoms. The van der Waals surface area contributed by atoms with E-state index in [2.05, 4.69) is 35.6 Å². The molecule has 0 amide bonds. The number of benzene rings is 1. The molecule has 1 aromatic carbocycles. The molecule has 1 nitrogen and oxygen atoms in total. The molecule has 0 spiro atoms. The Hall–Kier alpha value is -0.820. The van der Waals surface area contributed by atoms with Crippen molar-refractivity contribution in [2.75, 3.05) is 6.54 Å². The molecule has 86 valence electrons. The summed E-state index contributed by atoms with van der Waals surface area (Å²) in [7, 11) is 0. The van der Waals surface area contributed by atoms with Gasteiger partial charge in [0.05, 0.1) is 0 Å². The zero-order valence-electron chi connectivity index (χ0n) is 9.91. The van der Waals surface area contributed by atoms with E-state index < -0.39 is 0 Å². The fraction of sp³-hybridized carbons (Fsp3) is 0.600. The first-order valence-corrected chi connectivity index (χ1v) is 6.68. The lowest BCUT2D eigenvalue weighted by Gasteiger charge is -2.30. The van der Waals surface area contributed by atoms with Crippen LogP contribution in [0.5, 0.6) is 0 Å². The third-order valence-electron chi connectivity index (χ3n) is 4.34.